The van der Waals surface area contributed by atoms with Gasteiger partial charge in [0.05, 0.1) is 0 Å². The van der Waals surface area contributed by atoms with Crippen LogP contribution in [0.5, 0.6) is 0 Å². The Bertz CT molecular complexity index is 835. The lowest BCUT2D eigenvalue weighted by atomic mass is 10.0. The van der Waals surface area contributed by atoms with Gasteiger partial charge in [0, 0.05) is 48.2 Å². The fourth-order valence-corrected chi connectivity index (χ4v) is 3.99. The van der Waals surface area contributed by atoms with E-state index in [1.54, 1.807) is 0 Å². The standard InChI is InChI=1S/C20H24N4O/c1-2-18(25)24-11-5-8-15(13-24)23-17-9-10-21-20-19(17)16(12-22-20)14-6-3-4-7-14/h2,6,9-10,12,15H,1,3-5,7-8,11,13H2,(H2,21,22,23). The number of allylic oxidation sites excluding steroid dienone is 2. The summed E-state index contributed by atoms with van der Waals surface area (Å²) in [6.45, 7) is 5.14. The Kier molecular flexibility index (Phi) is 4.30. The van der Waals surface area contributed by atoms with E-state index in [0.29, 0.717) is 0 Å². The largest absolute Gasteiger partial charge is 0.380 e. The van der Waals surface area contributed by atoms with E-state index in [9.17, 15) is 4.79 Å². The lowest BCUT2D eigenvalue weighted by Gasteiger charge is -2.33. The van der Waals surface area contributed by atoms with Crippen LogP contribution in [0.25, 0.3) is 16.6 Å². The van der Waals surface area contributed by atoms with Crippen LogP contribution in [0.4, 0.5) is 5.69 Å². The van der Waals surface area contributed by atoms with E-state index in [2.05, 4.69) is 34.1 Å². The number of carbonyl (C=O) groups is 1. The number of carbonyl (C=O) groups excluding carboxylic acids is 1. The third kappa shape index (κ3) is 3.06. The molecule has 1 amide bonds. The predicted molar refractivity (Wildman–Crippen MR) is 101 cm³/mol. The molecule has 0 saturated carbocycles. The predicted octanol–water partition coefficient (Wildman–Crippen LogP) is 3.72. The van der Waals surface area contributed by atoms with E-state index in [-0.39, 0.29) is 11.9 Å². The van der Waals surface area contributed by atoms with Crippen molar-refractivity contribution in [1.82, 2.24) is 14.9 Å². The van der Waals surface area contributed by atoms with Crippen molar-refractivity contribution in [3.8, 4) is 0 Å². The molecule has 1 saturated heterocycles. The normalized spacial score (nSPS) is 20.6. The Balaban J connectivity index is 1.62. The highest BCUT2D eigenvalue weighted by Gasteiger charge is 2.23. The van der Waals surface area contributed by atoms with Crippen molar-refractivity contribution in [3.05, 3.63) is 42.8 Å². The fourth-order valence-electron chi connectivity index (χ4n) is 3.99. The van der Waals surface area contributed by atoms with Gasteiger partial charge in [0.15, 0.2) is 0 Å². The summed E-state index contributed by atoms with van der Waals surface area (Å²) in [7, 11) is 0. The second kappa shape index (κ2) is 6.75. The van der Waals surface area contributed by atoms with E-state index in [1.807, 2.05) is 17.2 Å². The number of piperidine rings is 1. The molecule has 2 aliphatic rings. The molecular formula is C20H24N4O. The van der Waals surface area contributed by atoms with Crippen molar-refractivity contribution in [1.29, 1.82) is 0 Å². The Labute approximate surface area is 147 Å². The molecule has 4 rings (SSSR count). The first-order valence-electron chi connectivity index (χ1n) is 9.09. The van der Waals surface area contributed by atoms with Gasteiger partial charge in [-0.25, -0.2) is 4.98 Å². The van der Waals surface area contributed by atoms with E-state index >= 15 is 0 Å². The van der Waals surface area contributed by atoms with Crippen molar-refractivity contribution >= 4 is 28.2 Å². The summed E-state index contributed by atoms with van der Waals surface area (Å²) in [5.74, 6) is 0.0184. The van der Waals surface area contributed by atoms with Gasteiger partial charge in [0.2, 0.25) is 5.91 Å². The van der Waals surface area contributed by atoms with Crippen LogP contribution in [0.2, 0.25) is 0 Å². The van der Waals surface area contributed by atoms with Gasteiger partial charge in [0.1, 0.15) is 5.65 Å². The first kappa shape index (κ1) is 15.9. The second-order valence-corrected chi connectivity index (χ2v) is 6.88. The number of fused-ring (bicyclic) bond motifs is 1. The van der Waals surface area contributed by atoms with Crippen LogP contribution in [0.3, 0.4) is 0 Å². The number of nitrogens with one attached hydrogen (secondary N) is 2. The van der Waals surface area contributed by atoms with Gasteiger partial charge < -0.3 is 15.2 Å². The molecule has 2 aromatic rings. The maximum atomic E-state index is 11.9. The molecule has 0 aromatic carbocycles. The van der Waals surface area contributed by atoms with Crippen molar-refractivity contribution in [2.75, 3.05) is 18.4 Å². The molecule has 25 heavy (non-hydrogen) atoms. The van der Waals surface area contributed by atoms with Crippen LogP contribution in [0.15, 0.2) is 37.2 Å². The number of hydrogen-bond donors (Lipinski definition) is 2. The van der Waals surface area contributed by atoms with Gasteiger partial charge in [-0.05, 0) is 49.8 Å². The summed E-state index contributed by atoms with van der Waals surface area (Å²) in [5.41, 5.74) is 4.70. The highest BCUT2D eigenvalue weighted by molar-refractivity contribution is 5.99. The summed E-state index contributed by atoms with van der Waals surface area (Å²) in [6.07, 6.45) is 13.3. The van der Waals surface area contributed by atoms with E-state index in [0.717, 1.165) is 50.1 Å². The highest BCUT2D eigenvalue weighted by Crippen LogP contribution is 2.36. The fraction of sp³-hybridized carbons (Fsp3) is 0.400. The molecule has 2 N–H and O–H groups in total. The summed E-state index contributed by atoms with van der Waals surface area (Å²) in [5, 5.41) is 4.84. The number of rotatable bonds is 4. The summed E-state index contributed by atoms with van der Waals surface area (Å²) >= 11 is 0. The lowest BCUT2D eigenvalue weighted by Crippen LogP contribution is -2.44. The molecule has 1 unspecified atom stereocenters. The molecule has 3 heterocycles. The van der Waals surface area contributed by atoms with Crippen molar-refractivity contribution in [2.24, 2.45) is 0 Å². The molecule has 5 heteroatoms. The number of aromatic nitrogens is 2. The summed E-state index contributed by atoms with van der Waals surface area (Å²) in [6, 6.07) is 2.30. The van der Waals surface area contributed by atoms with Crippen LogP contribution < -0.4 is 5.32 Å². The zero-order valence-electron chi connectivity index (χ0n) is 14.4. The van der Waals surface area contributed by atoms with Crippen LogP contribution >= 0.6 is 0 Å². The first-order valence-corrected chi connectivity index (χ1v) is 9.09. The molecule has 1 atom stereocenters. The zero-order valence-corrected chi connectivity index (χ0v) is 14.4. The lowest BCUT2D eigenvalue weighted by molar-refractivity contribution is -0.127. The second-order valence-electron chi connectivity index (χ2n) is 6.88. The van der Waals surface area contributed by atoms with Crippen LogP contribution in [0, 0.1) is 0 Å². The van der Waals surface area contributed by atoms with Gasteiger partial charge in [0.25, 0.3) is 0 Å². The number of amides is 1. The first-order chi connectivity index (χ1) is 12.3. The number of nitrogens with zero attached hydrogens (tertiary/aromatic N) is 2. The number of pyridine rings is 1. The van der Waals surface area contributed by atoms with Crippen LogP contribution in [-0.2, 0) is 4.79 Å². The minimum atomic E-state index is 0.0184. The Morgan fingerprint density at radius 1 is 1.44 bits per heavy atom. The number of aromatic amines is 1. The number of hydrogen-bond acceptors (Lipinski definition) is 3. The Morgan fingerprint density at radius 2 is 2.36 bits per heavy atom. The molecule has 0 bridgehead atoms. The highest BCUT2D eigenvalue weighted by atomic mass is 16.2. The van der Waals surface area contributed by atoms with Gasteiger partial charge in [-0.15, -0.1) is 0 Å². The number of likely N-dealkylation sites (tertiary alicyclic amines) is 1. The average molecular weight is 336 g/mol. The van der Waals surface area contributed by atoms with Crippen LogP contribution in [-0.4, -0.2) is 39.9 Å². The molecular weight excluding hydrogens is 312 g/mol. The van der Waals surface area contributed by atoms with E-state index < -0.39 is 0 Å². The molecule has 1 aliphatic heterocycles. The van der Waals surface area contributed by atoms with Crippen LogP contribution in [0.1, 0.15) is 37.7 Å². The topological polar surface area (TPSA) is 61.0 Å². The van der Waals surface area contributed by atoms with Gasteiger partial charge in [-0.2, -0.15) is 0 Å². The Hall–Kier alpha value is -2.56. The zero-order chi connectivity index (χ0) is 17.2. The minimum absolute atomic E-state index is 0.0184. The third-order valence-electron chi connectivity index (χ3n) is 5.23. The van der Waals surface area contributed by atoms with Crippen molar-refractivity contribution < 1.29 is 4.79 Å². The summed E-state index contributed by atoms with van der Waals surface area (Å²) < 4.78 is 0. The number of H-pyrrole nitrogens is 1. The van der Waals surface area contributed by atoms with Gasteiger partial charge >= 0.3 is 0 Å². The Morgan fingerprint density at radius 3 is 3.16 bits per heavy atom. The van der Waals surface area contributed by atoms with Gasteiger partial charge in [-0.1, -0.05) is 12.7 Å². The molecule has 0 spiro atoms. The SMILES string of the molecule is C=CC(=O)N1CCCC(Nc2ccnc3[nH]cc(C4=CCCC4)c23)C1. The molecule has 1 aliphatic carbocycles. The van der Waals surface area contributed by atoms with E-state index in [4.69, 9.17) is 0 Å². The quantitative estimate of drug-likeness (QED) is 0.837. The molecule has 1 fully saturated rings. The minimum Gasteiger partial charge on any atom is -0.380 e. The average Bonchev–Trinajstić information content (AvgIpc) is 3.31. The molecule has 130 valence electrons. The third-order valence-corrected chi connectivity index (χ3v) is 5.23. The smallest absolute Gasteiger partial charge is 0.246 e. The molecule has 2 aromatic heterocycles. The maximum Gasteiger partial charge on any atom is 0.246 e. The molecule has 5 nitrogen and oxygen atoms in total. The molecule has 0 radical (unpaired) electrons. The van der Waals surface area contributed by atoms with Crippen molar-refractivity contribution in [2.45, 2.75) is 38.1 Å². The van der Waals surface area contributed by atoms with E-state index in [1.165, 1.54) is 29.0 Å². The summed E-state index contributed by atoms with van der Waals surface area (Å²) in [4.78, 5) is 21.6. The van der Waals surface area contributed by atoms with Crippen molar-refractivity contribution in [3.63, 3.8) is 0 Å². The maximum absolute atomic E-state index is 11.9. The van der Waals surface area contributed by atoms with Gasteiger partial charge in [-0.3, -0.25) is 4.79 Å². The number of anilines is 1. The monoisotopic (exact) mass is 336 g/mol.